The predicted molar refractivity (Wildman–Crippen MR) is 121 cm³/mol. The second-order valence-corrected chi connectivity index (χ2v) is 12.6. The van der Waals surface area contributed by atoms with Gasteiger partial charge in [-0.2, -0.15) is 0 Å². The molecule has 3 rings (SSSR count). The van der Waals surface area contributed by atoms with Gasteiger partial charge in [0.2, 0.25) is 9.04 Å². The number of halogens is 1. The number of carbonyl (C=O) groups excluding carboxylic acids is 2. The van der Waals surface area contributed by atoms with Crippen molar-refractivity contribution in [3.05, 3.63) is 52.3 Å². The van der Waals surface area contributed by atoms with Gasteiger partial charge in [-0.15, -0.1) is 0 Å². The number of carbonyl (C=O) groups is 2. The van der Waals surface area contributed by atoms with Crippen molar-refractivity contribution in [3.63, 3.8) is 0 Å². The van der Waals surface area contributed by atoms with Crippen LogP contribution < -0.4 is 9.74 Å². The van der Waals surface area contributed by atoms with Gasteiger partial charge in [0, 0.05) is 5.56 Å². The Labute approximate surface area is 179 Å². The SMILES string of the molecule is C[SiH](C)Oc1cc2c(c(-c3cc(C(C)(C)C)cc(C(C)(C)C)c3)c1F)C(=O)NC2=O. The zero-order chi connectivity index (χ0) is 22.6. The molecule has 1 N–H and O–H groups in total. The van der Waals surface area contributed by atoms with E-state index in [9.17, 15) is 9.59 Å². The molecule has 0 radical (unpaired) electrons. The number of rotatable bonds is 3. The van der Waals surface area contributed by atoms with Crippen molar-refractivity contribution in [3.8, 4) is 16.9 Å². The van der Waals surface area contributed by atoms with Gasteiger partial charge < -0.3 is 4.43 Å². The second kappa shape index (κ2) is 7.34. The average molecular weight is 428 g/mol. The Kier molecular flexibility index (Phi) is 5.44. The molecule has 2 aromatic rings. The molecule has 30 heavy (non-hydrogen) atoms. The summed E-state index contributed by atoms with van der Waals surface area (Å²) < 4.78 is 21.5. The first-order chi connectivity index (χ1) is 13.7. The molecule has 0 bridgehead atoms. The number of imide groups is 1. The lowest BCUT2D eigenvalue weighted by molar-refractivity contribution is 0.0879. The van der Waals surface area contributed by atoms with E-state index < -0.39 is 26.7 Å². The quantitative estimate of drug-likeness (QED) is 0.532. The Morgan fingerprint density at radius 2 is 1.37 bits per heavy atom. The third-order valence-electron chi connectivity index (χ3n) is 5.25. The molecule has 0 fully saturated rings. The van der Waals surface area contributed by atoms with E-state index in [0.29, 0.717) is 5.56 Å². The van der Waals surface area contributed by atoms with Gasteiger partial charge >= 0.3 is 0 Å². The van der Waals surface area contributed by atoms with Crippen molar-refractivity contribution in [2.45, 2.75) is 65.5 Å². The third-order valence-corrected chi connectivity index (χ3v) is 5.97. The fourth-order valence-electron chi connectivity index (χ4n) is 3.53. The van der Waals surface area contributed by atoms with Crippen molar-refractivity contribution in [1.29, 1.82) is 0 Å². The van der Waals surface area contributed by atoms with Gasteiger partial charge in [-0.1, -0.05) is 59.7 Å². The van der Waals surface area contributed by atoms with E-state index >= 15 is 4.39 Å². The normalized spacial score (nSPS) is 14.2. The lowest BCUT2D eigenvalue weighted by Gasteiger charge is -2.27. The highest BCUT2D eigenvalue weighted by atomic mass is 28.3. The highest BCUT2D eigenvalue weighted by Gasteiger charge is 2.35. The number of fused-ring (bicyclic) bond motifs is 1. The maximum absolute atomic E-state index is 15.7. The number of hydrogen-bond acceptors (Lipinski definition) is 3. The van der Waals surface area contributed by atoms with Crippen LogP contribution in [0, 0.1) is 5.82 Å². The molecule has 0 aliphatic carbocycles. The molecule has 0 spiro atoms. The van der Waals surface area contributed by atoms with Crippen LogP contribution >= 0.6 is 0 Å². The minimum Gasteiger partial charge on any atom is -0.545 e. The molecule has 0 saturated heterocycles. The third kappa shape index (κ3) is 4.06. The van der Waals surface area contributed by atoms with Gasteiger partial charge in [0.15, 0.2) is 5.82 Å². The molecule has 1 heterocycles. The fourth-order valence-corrected chi connectivity index (χ4v) is 4.21. The molecule has 2 aromatic carbocycles. The summed E-state index contributed by atoms with van der Waals surface area (Å²) in [5, 5.41) is 2.30. The first kappa shape index (κ1) is 22.2. The minimum atomic E-state index is -1.63. The highest BCUT2D eigenvalue weighted by molar-refractivity contribution is 6.49. The zero-order valence-corrected chi connectivity index (χ0v) is 20.1. The Balaban J connectivity index is 2.40. The summed E-state index contributed by atoms with van der Waals surface area (Å²) in [6.45, 7) is 16.4. The summed E-state index contributed by atoms with van der Waals surface area (Å²) >= 11 is 0. The van der Waals surface area contributed by atoms with Crippen LogP contribution in [-0.4, -0.2) is 20.9 Å². The number of benzene rings is 2. The van der Waals surface area contributed by atoms with E-state index in [1.807, 2.05) is 25.2 Å². The molecule has 2 amide bonds. The van der Waals surface area contributed by atoms with Crippen LogP contribution in [-0.2, 0) is 10.8 Å². The van der Waals surface area contributed by atoms with Gasteiger partial charge in [-0.05, 0) is 46.7 Å². The Hall–Kier alpha value is -2.47. The minimum absolute atomic E-state index is 0.0359. The average Bonchev–Trinajstić information content (AvgIpc) is 2.87. The fraction of sp³-hybridized carbons (Fsp3) is 0.417. The summed E-state index contributed by atoms with van der Waals surface area (Å²) in [6.07, 6.45) is 0. The van der Waals surface area contributed by atoms with E-state index in [0.717, 1.165) is 11.1 Å². The molecular weight excluding hydrogens is 397 g/mol. The van der Waals surface area contributed by atoms with E-state index in [1.54, 1.807) is 0 Å². The van der Waals surface area contributed by atoms with Gasteiger partial charge in [0.1, 0.15) is 5.75 Å². The number of nitrogens with one attached hydrogen (secondary N) is 1. The van der Waals surface area contributed by atoms with E-state index in [4.69, 9.17) is 4.43 Å². The molecule has 0 saturated carbocycles. The van der Waals surface area contributed by atoms with Crippen LogP contribution in [0.5, 0.6) is 5.75 Å². The molecule has 160 valence electrons. The monoisotopic (exact) mass is 427 g/mol. The summed E-state index contributed by atoms with van der Waals surface area (Å²) in [7, 11) is -1.63. The van der Waals surface area contributed by atoms with Crippen molar-refractivity contribution < 1.29 is 18.4 Å². The van der Waals surface area contributed by atoms with Crippen molar-refractivity contribution >= 4 is 20.9 Å². The van der Waals surface area contributed by atoms with Crippen LogP contribution in [0.1, 0.15) is 73.4 Å². The van der Waals surface area contributed by atoms with Gasteiger partial charge in [-0.25, -0.2) is 4.39 Å². The van der Waals surface area contributed by atoms with Gasteiger partial charge in [0.05, 0.1) is 11.1 Å². The molecule has 0 aromatic heterocycles. The van der Waals surface area contributed by atoms with Gasteiger partial charge in [0.25, 0.3) is 11.8 Å². The van der Waals surface area contributed by atoms with Crippen LogP contribution in [0.4, 0.5) is 4.39 Å². The highest BCUT2D eigenvalue weighted by Crippen LogP contribution is 2.41. The van der Waals surface area contributed by atoms with Crippen molar-refractivity contribution in [2.24, 2.45) is 0 Å². The smallest absolute Gasteiger partial charge is 0.259 e. The molecule has 0 atom stereocenters. The summed E-state index contributed by atoms with van der Waals surface area (Å²) in [6, 6.07) is 7.33. The lowest BCUT2D eigenvalue weighted by Crippen LogP contribution is -2.20. The maximum Gasteiger partial charge on any atom is 0.259 e. The second-order valence-electron chi connectivity index (χ2n) is 10.2. The molecule has 1 aliphatic rings. The number of amides is 2. The van der Waals surface area contributed by atoms with Crippen LogP contribution in [0.2, 0.25) is 13.1 Å². The molecular formula is C24H30FNO3Si. The van der Waals surface area contributed by atoms with Crippen molar-refractivity contribution in [1.82, 2.24) is 5.32 Å². The predicted octanol–water partition coefficient (Wildman–Crippen LogP) is 5.33. The zero-order valence-electron chi connectivity index (χ0n) is 19.0. The number of hydrogen-bond donors (Lipinski definition) is 1. The summed E-state index contributed by atoms with van der Waals surface area (Å²) in [5.41, 5.74) is 2.69. The standard InChI is InChI=1S/C24H30FNO3Si/c1-23(2,3)14-9-13(10-15(11-14)24(4,5)6)18-19-16(21(27)26-22(19)28)12-17(20(18)25)29-30(7)8/h9-12,30H,1-8H3,(H,26,27,28). The van der Waals surface area contributed by atoms with Crippen molar-refractivity contribution in [2.75, 3.05) is 0 Å². The summed E-state index contributed by atoms with van der Waals surface area (Å²) in [4.78, 5) is 25.0. The first-order valence-electron chi connectivity index (χ1n) is 10.3. The van der Waals surface area contributed by atoms with Crippen LogP contribution in [0.25, 0.3) is 11.1 Å². The Bertz CT molecular complexity index is 1010. The van der Waals surface area contributed by atoms with E-state index in [1.165, 1.54) is 6.07 Å². The maximum atomic E-state index is 15.7. The Morgan fingerprint density at radius 1 is 0.833 bits per heavy atom. The van der Waals surface area contributed by atoms with E-state index in [-0.39, 0.29) is 33.3 Å². The molecule has 0 unspecified atom stereocenters. The van der Waals surface area contributed by atoms with Gasteiger partial charge in [-0.3, -0.25) is 14.9 Å². The van der Waals surface area contributed by atoms with E-state index in [2.05, 4.69) is 52.9 Å². The van der Waals surface area contributed by atoms with Crippen LogP contribution in [0.15, 0.2) is 24.3 Å². The topological polar surface area (TPSA) is 55.4 Å². The largest absolute Gasteiger partial charge is 0.545 e. The molecule has 4 nitrogen and oxygen atoms in total. The lowest BCUT2D eigenvalue weighted by atomic mass is 9.78. The van der Waals surface area contributed by atoms with Crippen LogP contribution in [0.3, 0.4) is 0 Å². The molecule has 1 aliphatic heterocycles. The molecule has 6 heteroatoms. The summed E-state index contributed by atoms with van der Waals surface area (Å²) in [5.74, 6) is -1.65. The Morgan fingerprint density at radius 3 is 1.83 bits per heavy atom. The first-order valence-corrected chi connectivity index (χ1v) is 13.0.